The number of rotatable bonds is 1. The van der Waals surface area contributed by atoms with Crippen molar-refractivity contribution in [3.63, 3.8) is 0 Å². The summed E-state index contributed by atoms with van der Waals surface area (Å²) in [5.74, 6) is 0. The van der Waals surface area contributed by atoms with E-state index in [2.05, 4.69) is 23.0 Å². The summed E-state index contributed by atoms with van der Waals surface area (Å²) in [5, 5.41) is 0. The minimum Gasteiger partial charge on any atom is -0.374 e. The van der Waals surface area contributed by atoms with Gasteiger partial charge in [0.2, 0.25) is 6.08 Å². The zero-order valence-electron chi connectivity index (χ0n) is 8.16. The first-order valence-corrected chi connectivity index (χ1v) is 4.74. The zero-order valence-corrected chi connectivity index (χ0v) is 8.16. The molecular weight excluding hydrogens is 176 g/mol. The maximum atomic E-state index is 10.2. The molecule has 0 saturated carbocycles. The Morgan fingerprint density at radius 3 is 3.14 bits per heavy atom. The number of nitrogens with zero attached hydrogens (tertiary/aromatic N) is 2. The van der Waals surface area contributed by atoms with Gasteiger partial charge in [0.05, 0.1) is 5.69 Å². The Balaban J connectivity index is 2.54. The molecule has 0 amide bonds. The lowest BCUT2D eigenvalue weighted by molar-refractivity contribution is 0.565. The number of carbonyl (C=O) groups excluding carboxylic acids is 1. The van der Waals surface area contributed by atoms with E-state index >= 15 is 0 Å². The molecule has 0 bridgehead atoms. The van der Waals surface area contributed by atoms with E-state index in [1.165, 1.54) is 11.3 Å². The number of isocyanates is 1. The molecule has 1 aromatic carbocycles. The lowest BCUT2D eigenvalue weighted by Gasteiger charge is -2.27. The van der Waals surface area contributed by atoms with Gasteiger partial charge in [-0.2, -0.15) is 4.99 Å². The molecule has 14 heavy (non-hydrogen) atoms. The van der Waals surface area contributed by atoms with Gasteiger partial charge in [-0.25, -0.2) is 4.79 Å². The standard InChI is InChI=1S/C11H12N2O/c1-13-7-3-4-9-10(12-8-14)5-2-6-11(9)13/h2,5-6H,3-4,7H2,1H3. The Bertz CT molecular complexity index is 394. The van der Waals surface area contributed by atoms with Crippen LogP contribution in [-0.2, 0) is 11.2 Å². The molecule has 0 aromatic heterocycles. The van der Waals surface area contributed by atoms with Crippen LogP contribution in [0.15, 0.2) is 23.2 Å². The van der Waals surface area contributed by atoms with Crippen LogP contribution in [0.5, 0.6) is 0 Å². The summed E-state index contributed by atoms with van der Waals surface area (Å²) < 4.78 is 0. The van der Waals surface area contributed by atoms with E-state index in [9.17, 15) is 4.79 Å². The fourth-order valence-electron chi connectivity index (χ4n) is 1.94. The van der Waals surface area contributed by atoms with Crippen molar-refractivity contribution in [2.24, 2.45) is 4.99 Å². The van der Waals surface area contributed by atoms with Crippen LogP contribution in [0.4, 0.5) is 11.4 Å². The number of fused-ring (bicyclic) bond motifs is 1. The summed E-state index contributed by atoms with van der Waals surface area (Å²) in [4.78, 5) is 16.2. The number of hydrogen-bond acceptors (Lipinski definition) is 3. The van der Waals surface area contributed by atoms with Gasteiger partial charge >= 0.3 is 0 Å². The molecule has 2 rings (SSSR count). The third-order valence-electron chi connectivity index (χ3n) is 2.62. The van der Waals surface area contributed by atoms with Gasteiger partial charge in [0.25, 0.3) is 0 Å². The normalized spacial score (nSPS) is 14.5. The van der Waals surface area contributed by atoms with Crippen molar-refractivity contribution in [1.82, 2.24) is 0 Å². The molecule has 0 N–H and O–H groups in total. The minimum absolute atomic E-state index is 0.768. The van der Waals surface area contributed by atoms with Gasteiger partial charge < -0.3 is 4.90 Å². The lowest BCUT2D eigenvalue weighted by atomic mass is 10.0. The van der Waals surface area contributed by atoms with Gasteiger partial charge in [0.1, 0.15) is 0 Å². The zero-order chi connectivity index (χ0) is 9.97. The number of anilines is 1. The second-order valence-electron chi connectivity index (χ2n) is 3.50. The second-order valence-corrected chi connectivity index (χ2v) is 3.50. The maximum Gasteiger partial charge on any atom is 0.240 e. The molecule has 1 aromatic rings. The first-order valence-electron chi connectivity index (χ1n) is 4.74. The van der Waals surface area contributed by atoms with Crippen molar-refractivity contribution in [1.29, 1.82) is 0 Å². The van der Waals surface area contributed by atoms with Gasteiger partial charge in [0, 0.05) is 24.8 Å². The van der Waals surface area contributed by atoms with Gasteiger partial charge in [0.15, 0.2) is 0 Å². The van der Waals surface area contributed by atoms with Gasteiger partial charge in [-0.1, -0.05) is 6.07 Å². The lowest BCUT2D eigenvalue weighted by Crippen LogP contribution is -2.24. The highest BCUT2D eigenvalue weighted by Crippen LogP contribution is 2.33. The third kappa shape index (κ3) is 1.42. The molecule has 1 aliphatic heterocycles. The van der Waals surface area contributed by atoms with Crippen LogP contribution in [-0.4, -0.2) is 19.7 Å². The largest absolute Gasteiger partial charge is 0.374 e. The van der Waals surface area contributed by atoms with Crippen LogP contribution < -0.4 is 4.90 Å². The van der Waals surface area contributed by atoms with Gasteiger partial charge in [-0.3, -0.25) is 0 Å². The number of hydrogen-bond donors (Lipinski definition) is 0. The van der Waals surface area contributed by atoms with E-state index < -0.39 is 0 Å². The fraction of sp³-hybridized carbons (Fsp3) is 0.364. The van der Waals surface area contributed by atoms with Crippen molar-refractivity contribution < 1.29 is 4.79 Å². The van der Waals surface area contributed by atoms with Crippen LogP contribution >= 0.6 is 0 Å². The van der Waals surface area contributed by atoms with Crippen molar-refractivity contribution in [3.05, 3.63) is 23.8 Å². The SMILES string of the molecule is CN1CCCc2c(N=C=O)cccc21. The van der Waals surface area contributed by atoms with Gasteiger partial charge in [-0.05, 0) is 25.0 Å². The number of aliphatic imine (C=N–C) groups is 1. The predicted molar refractivity (Wildman–Crippen MR) is 55.8 cm³/mol. The Morgan fingerprint density at radius 1 is 1.50 bits per heavy atom. The molecule has 72 valence electrons. The average Bonchev–Trinajstić information content (AvgIpc) is 2.20. The number of benzene rings is 1. The molecule has 0 atom stereocenters. The van der Waals surface area contributed by atoms with E-state index in [4.69, 9.17) is 0 Å². The monoisotopic (exact) mass is 188 g/mol. The summed E-state index contributed by atoms with van der Waals surface area (Å²) >= 11 is 0. The highest BCUT2D eigenvalue weighted by Gasteiger charge is 2.15. The second kappa shape index (κ2) is 3.64. The van der Waals surface area contributed by atoms with E-state index in [1.54, 1.807) is 6.08 Å². The molecule has 0 saturated heterocycles. The fourth-order valence-corrected chi connectivity index (χ4v) is 1.94. The Labute approximate surface area is 83.1 Å². The first-order chi connectivity index (χ1) is 6.83. The van der Waals surface area contributed by atoms with E-state index in [0.29, 0.717) is 0 Å². The first kappa shape index (κ1) is 8.97. The van der Waals surface area contributed by atoms with E-state index in [1.807, 2.05) is 12.1 Å². The predicted octanol–water partition coefficient (Wildman–Crippen LogP) is 2.04. The molecule has 1 heterocycles. The van der Waals surface area contributed by atoms with E-state index in [-0.39, 0.29) is 0 Å². The Morgan fingerprint density at radius 2 is 2.36 bits per heavy atom. The Kier molecular flexibility index (Phi) is 2.33. The molecular formula is C11H12N2O. The van der Waals surface area contributed by atoms with Crippen LogP contribution in [0.2, 0.25) is 0 Å². The summed E-state index contributed by atoms with van der Waals surface area (Å²) in [5.41, 5.74) is 3.13. The molecule has 0 spiro atoms. The average molecular weight is 188 g/mol. The van der Waals surface area contributed by atoms with Crippen molar-refractivity contribution >= 4 is 17.5 Å². The van der Waals surface area contributed by atoms with Gasteiger partial charge in [-0.15, -0.1) is 0 Å². The quantitative estimate of drug-likeness (QED) is 0.499. The van der Waals surface area contributed by atoms with Crippen molar-refractivity contribution in [3.8, 4) is 0 Å². The maximum absolute atomic E-state index is 10.2. The molecule has 0 fully saturated rings. The summed E-state index contributed by atoms with van der Waals surface area (Å²) in [6, 6.07) is 5.86. The highest BCUT2D eigenvalue weighted by molar-refractivity contribution is 5.67. The van der Waals surface area contributed by atoms with Crippen molar-refractivity contribution in [2.75, 3.05) is 18.5 Å². The van der Waals surface area contributed by atoms with Crippen LogP contribution in [0.25, 0.3) is 0 Å². The molecule has 3 heteroatoms. The van der Waals surface area contributed by atoms with Crippen molar-refractivity contribution in [2.45, 2.75) is 12.8 Å². The van der Waals surface area contributed by atoms with Crippen LogP contribution in [0.3, 0.4) is 0 Å². The Hall–Kier alpha value is -1.60. The molecule has 0 radical (unpaired) electrons. The molecule has 3 nitrogen and oxygen atoms in total. The van der Waals surface area contributed by atoms with Crippen LogP contribution in [0.1, 0.15) is 12.0 Å². The highest BCUT2D eigenvalue weighted by atomic mass is 16.1. The molecule has 0 unspecified atom stereocenters. The summed E-state index contributed by atoms with van der Waals surface area (Å²) in [6.07, 6.45) is 3.73. The minimum atomic E-state index is 0.768. The third-order valence-corrected chi connectivity index (χ3v) is 2.62. The van der Waals surface area contributed by atoms with Crippen LogP contribution in [0, 0.1) is 0 Å². The molecule has 0 aliphatic carbocycles. The topological polar surface area (TPSA) is 32.7 Å². The summed E-state index contributed by atoms with van der Waals surface area (Å²) in [6.45, 7) is 1.07. The van der Waals surface area contributed by atoms with E-state index in [0.717, 1.165) is 25.1 Å². The summed E-state index contributed by atoms with van der Waals surface area (Å²) in [7, 11) is 2.06. The smallest absolute Gasteiger partial charge is 0.240 e. The molecule has 1 aliphatic rings.